The van der Waals surface area contributed by atoms with E-state index in [4.69, 9.17) is 27.9 Å². The van der Waals surface area contributed by atoms with Gasteiger partial charge in [0.1, 0.15) is 18.1 Å². The number of carbonyl (C=O) groups is 1. The molecule has 1 aliphatic rings. The second-order valence-corrected chi connectivity index (χ2v) is 6.39. The Morgan fingerprint density at radius 3 is 2.60 bits per heavy atom. The van der Waals surface area contributed by atoms with Crippen molar-refractivity contribution in [1.29, 1.82) is 0 Å². The Morgan fingerprint density at radius 2 is 1.92 bits per heavy atom. The van der Waals surface area contributed by atoms with Crippen LogP contribution < -0.4 is 10.6 Å². The Bertz CT molecular complexity index is 809. The summed E-state index contributed by atoms with van der Waals surface area (Å²) in [5.74, 6) is -0.187. The molecule has 7 heteroatoms. The molecule has 0 spiro atoms. The number of benzene rings is 2. The van der Waals surface area contributed by atoms with Gasteiger partial charge in [-0.05, 0) is 29.8 Å². The minimum atomic E-state index is -0.263. The van der Waals surface area contributed by atoms with Crippen molar-refractivity contribution in [2.75, 3.05) is 5.32 Å². The second-order valence-electron chi connectivity index (χ2n) is 5.57. The topological polar surface area (TPSA) is 73.9 Å². The summed E-state index contributed by atoms with van der Waals surface area (Å²) in [4.78, 5) is 11.2. The SMILES string of the molecule is C=CC(=O)Nc1ccc(CNC2OC2c2cc(Cl)c(Cl)cc2O)cc1. The zero-order chi connectivity index (χ0) is 18.0. The van der Waals surface area contributed by atoms with Crippen molar-refractivity contribution < 1.29 is 14.6 Å². The number of ether oxygens (including phenoxy) is 1. The highest BCUT2D eigenvalue weighted by Crippen LogP contribution is 2.44. The number of phenols is 1. The van der Waals surface area contributed by atoms with Gasteiger partial charge in [-0.2, -0.15) is 0 Å². The first-order valence-electron chi connectivity index (χ1n) is 7.57. The van der Waals surface area contributed by atoms with Gasteiger partial charge in [-0.15, -0.1) is 0 Å². The summed E-state index contributed by atoms with van der Waals surface area (Å²) in [6, 6.07) is 10.5. The van der Waals surface area contributed by atoms with E-state index in [0.29, 0.717) is 27.8 Å². The predicted octanol–water partition coefficient (Wildman–Crippen LogP) is 4.01. The molecule has 0 aliphatic carbocycles. The van der Waals surface area contributed by atoms with Gasteiger partial charge in [0.2, 0.25) is 5.91 Å². The van der Waals surface area contributed by atoms with Crippen LogP contribution in [0, 0.1) is 0 Å². The fourth-order valence-corrected chi connectivity index (χ4v) is 2.73. The van der Waals surface area contributed by atoms with Gasteiger partial charge in [0.15, 0.2) is 0 Å². The molecule has 2 aromatic rings. The number of phenolic OH excluding ortho intramolecular Hbond substituents is 1. The summed E-state index contributed by atoms with van der Waals surface area (Å²) in [6.45, 7) is 3.99. The van der Waals surface area contributed by atoms with E-state index >= 15 is 0 Å². The normalized spacial score (nSPS) is 18.6. The summed E-state index contributed by atoms with van der Waals surface area (Å²) < 4.78 is 5.55. The van der Waals surface area contributed by atoms with Crippen molar-refractivity contribution in [2.45, 2.75) is 18.9 Å². The van der Waals surface area contributed by atoms with Crippen molar-refractivity contribution in [3.8, 4) is 5.75 Å². The van der Waals surface area contributed by atoms with E-state index in [0.717, 1.165) is 5.56 Å². The number of amides is 1. The van der Waals surface area contributed by atoms with Crippen LogP contribution in [0.25, 0.3) is 0 Å². The molecule has 1 aliphatic heterocycles. The minimum absolute atomic E-state index is 0.0611. The summed E-state index contributed by atoms with van der Waals surface area (Å²) >= 11 is 11.8. The molecule has 1 fully saturated rings. The smallest absolute Gasteiger partial charge is 0.247 e. The molecular formula is C18H16Cl2N2O3. The number of anilines is 1. The van der Waals surface area contributed by atoms with E-state index in [1.165, 1.54) is 12.1 Å². The molecule has 2 atom stereocenters. The van der Waals surface area contributed by atoms with Crippen molar-refractivity contribution in [3.05, 3.63) is 70.2 Å². The zero-order valence-corrected chi connectivity index (χ0v) is 14.6. The maximum atomic E-state index is 11.2. The first-order chi connectivity index (χ1) is 12.0. The van der Waals surface area contributed by atoms with Gasteiger partial charge in [-0.25, -0.2) is 0 Å². The van der Waals surface area contributed by atoms with Crippen LogP contribution in [0.5, 0.6) is 5.75 Å². The first kappa shape index (κ1) is 17.8. The van der Waals surface area contributed by atoms with Gasteiger partial charge in [-0.1, -0.05) is 41.9 Å². The molecule has 130 valence electrons. The Hall–Kier alpha value is -2.05. The monoisotopic (exact) mass is 378 g/mol. The predicted molar refractivity (Wildman–Crippen MR) is 97.8 cm³/mol. The maximum absolute atomic E-state index is 11.2. The third-order valence-corrected chi connectivity index (χ3v) is 4.50. The largest absolute Gasteiger partial charge is 0.508 e. The summed E-state index contributed by atoms with van der Waals surface area (Å²) in [6.07, 6.45) is 0.752. The Morgan fingerprint density at radius 1 is 1.24 bits per heavy atom. The third-order valence-electron chi connectivity index (χ3n) is 3.78. The van der Waals surface area contributed by atoms with Crippen LogP contribution in [0.3, 0.4) is 0 Å². The summed E-state index contributed by atoms with van der Waals surface area (Å²) in [5.41, 5.74) is 2.34. The second kappa shape index (κ2) is 7.45. The molecule has 3 N–H and O–H groups in total. The van der Waals surface area contributed by atoms with Crippen molar-refractivity contribution in [1.82, 2.24) is 5.32 Å². The van der Waals surface area contributed by atoms with E-state index in [1.807, 2.05) is 24.3 Å². The lowest BCUT2D eigenvalue weighted by Crippen LogP contribution is -2.17. The minimum Gasteiger partial charge on any atom is -0.508 e. The van der Waals surface area contributed by atoms with Gasteiger partial charge in [0.25, 0.3) is 0 Å². The number of rotatable bonds is 6. The number of nitrogens with one attached hydrogen (secondary N) is 2. The number of aromatic hydroxyl groups is 1. The average molecular weight is 379 g/mol. The number of epoxide rings is 1. The molecule has 2 unspecified atom stereocenters. The van der Waals surface area contributed by atoms with Crippen LogP contribution in [0.4, 0.5) is 5.69 Å². The number of carbonyl (C=O) groups excluding carboxylic acids is 1. The van der Waals surface area contributed by atoms with Crippen LogP contribution in [-0.4, -0.2) is 17.2 Å². The van der Waals surface area contributed by atoms with E-state index < -0.39 is 0 Å². The highest BCUT2D eigenvalue weighted by Gasteiger charge is 2.41. The molecule has 0 radical (unpaired) electrons. The van der Waals surface area contributed by atoms with Gasteiger partial charge < -0.3 is 15.2 Å². The van der Waals surface area contributed by atoms with Crippen LogP contribution in [-0.2, 0) is 16.1 Å². The lowest BCUT2D eigenvalue weighted by molar-refractivity contribution is -0.111. The molecule has 5 nitrogen and oxygen atoms in total. The Balaban J connectivity index is 1.55. The number of hydrogen-bond acceptors (Lipinski definition) is 4. The van der Waals surface area contributed by atoms with E-state index in [1.54, 1.807) is 6.07 Å². The van der Waals surface area contributed by atoms with Crippen molar-refractivity contribution in [3.63, 3.8) is 0 Å². The standard InChI is InChI=1S/C18H16Cl2N2O3/c1-2-16(24)22-11-5-3-10(4-6-11)9-21-18-17(25-18)12-7-13(19)14(20)8-15(12)23/h2-8,17-18,21,23H,1,9H2,(H,22,24). The fourth-order valence-electron chi connectivity index (χ4n) is 2.40. The van der Waals surface area contributed by atoms with Crippen molar-refractivity contribution in [2.24, 2.45) is 0 Å². The molecule has 2 aromatic carbocycles. The first-order valence-corrected chi connectivity index (χ1v) is 8.32. The Kier molecular flexibility index (Phi) is 5.30. The van der Waals surface area contributed by atoms with Crippen molar-refractivity contribution >= 4 is 34.8 Å². The van der Waals surface area contributed by atoms with Crippen LogP contribution >= 0.6 is 23.2 Å². The molecule has 0 bridgehead atoms. The summed E-state index contributed by atoms with van der Waals surface area (Å²) in [7, 11) is 0. The molecule has 0 saturated carbocycles. The lowest BCUT2D eigenvalue weighted by Gasteiger charge is -2.06. The average Bonchev–Trinajstić information content (AvgIpc) is 3.37. The molecule has 3 rings (SSSR count). The molecule has 1 heterocycles. The van der Waals surface area contributed by atoms with E-state index in [-0.39, 0.29) is 24.0 Å². The van der Waals surface area contributed by atoms with E-state index in [9.17, 15) is 9.90 Å². The van der Waals surface area contributed by atoms with Crippen LogP contribution in [0.2, 0.25) is 10.0 Å². The number of halogens is 2. The van der Waals surface area contributed by atoms with Crippen LogP contribution in [0.1, 0.15) is 17.2 Å². The molecule has 1 amide bonds. The fraction of sp³-hybridized carbons (Fsp3) is 0.167. The Labute approximate surface area is 155 Å². The highest BCUT2D eigenvalue weighted by molar-refractivity contribution is 6.42. The quantitative estimate of drug-likeness (QED) is 0.524. The highest BCUT2D eigenvalue weighted by atomic mass is 35.5. The molecule has 25 heavy (non-hydrogen) atoms. The van der Waals surface area contributed by atoms with Crippen LogP contribution in [0.15, 0.2) is 49.1 Å². The lowest BCUT2D eigenvalue weighted by atomic mass is 10.1. The molecular weight excluding hydrogens is 363 g/mol. The van der Waals surface area contributed by atoms with Gasteiger partial charge in [-0.3, -0.25) is 10.1 Å². The van der Waals surface area contributed by atoms with E-state index in [2.05, 4.69) is 17.2 Å². The van der Waals surface area contributed by atoms with Gasteiger partial charge >= 0.3 is 0 Å². The maximum Gasteiger partial charge on any atom is 0.247 e. The zero-order valence-electron chi connectivity index (χ0n) is 13.1. The molecule has 1 saturated heterocycles. The molecule has 0 aromatic heterocycles. The van der Waals surface area contributed by atoms with Gasteiger partial charge in [0.05, 0.1) is 10.0 Å². The third kappa shape index (κ3) is 4.32. The van der Waals surface area contributed by atoms with Gasteiger partial charge in [0, 0.05) is 23.9 Å². The summed E-state index contributed by atoms with van der Waals surface area (Å²) in [5, 5.41) is 16.6. The number of hydrogen-bond donors (Lipinski definition) is 3.